The van der Waals surface area contributed by atoms with Crippen LogP contribution >= 0.6 is 0 Å². The quantitative estimate of drug-likeness (QED) is 0.784. The van der Waals surface area contributed by atoms with Gasteiger partial charge in [0.25, 0.3) is 0 Å². The first-order chi connectivity index (χ1) is 11.6. The summed E-state index contributed by atoms with van der Waals surface area (Å²) in [5, 5.41) is 11.0. The monoisotopic (exact) mass is 322 g/mol. The van der Waals surface area contributed by atoms with E-state index in [0.29, 0.717) is 11.4 Å². The molecule has 0 aliphatic carbocycles. The van der Waals surface area contributed by atoms with E-state index in [9.17, 15) is 4.79 Å². The van der Waals surface area contributed by atoms with Crippen LogP contribution in [0.4, 0.5) is 5.69 Å². The SMILES string of the molecule is COc1cccc(NC(=O)Cn2cc(-c3cccc(C)c3)nn2)c1. The molecule has 6 heteroatoms. The highest BCUT2D eigenvalue weighted by atomic mass is 16.5. The van der Waals surface area contributed by atoms with Crippen LogP contribution in [-0.4, -0.2) is 28.0 Å². The van der Waals surface area contributed by atoms with E-state index in [-0.39, 0.29) is 12.5 Å². The molecule has 1 aromatic heterocycles. The Labute approximate surface area is 140 Å². The summed E-state index contributed by atoms with van der Waals surface area (Å²) in [7, 11) is 1.59. The van der Waals surface area contributed by atoms with Crippen molar-refractivity contribution in [3.63, 3.8) is 0 Å². The molecule has 0 aliphatic rings. The number of hydrogen-bond donors (Lipinski definition) is 1. The number of hydrogen-bond acceptors (Lipinski definition) is 4. The summed E-state index contributed by atoms with van der Waals surface area (Å²) < 4.78 is 6.66. The maximum absolute atomic E-state index is 12.1. The molecule has 1 N–H and O–H groups in total. The molecule has 0 unspecified atom stereocenters. The summed E-state index contributed by atoms with van der Waals surface area (Å²) in [6.07, 6.45) is 1.76. The zero-order chi connectivity index (χ0) is 16.9. The smallest absolute Gasteiger partial charge is 0.246 e. The van der Waals surface area contributed by atoms with Gasteiger partial charge in [0.05, 0.1) is 13.3 Å². The van der Waals surface area contributed by atoms with Crippen LogP contribution < -0.4 is 10.1 Å². The number of nitrogens with one attached hydrogen (secondary N) is 1. The lowest BCUT2D eigenvalue weighted by atomic mass is 10.1. The van der Waals surface area contributed by atoms with E-state index in [0.717, 1.165) is 16.8 Å². The number of carbonyl (C=O) groups is 1. The average molecular weight is 322 g/mol. The lowest BCUT2D eigenvalue weighted by Gasteiger charge is -2.06. The minimum Gasteiger partial charge on any atom is -0.497 e. The summed E-state index contributed by atoms with van der Waals surface area (Å²) in [6.45, 7) is 2.12. The number of carbonyl (C=O) groups excluding carboxylic acids is 1. The highest BCUT2D eigenvalue weighted by Crippen LogP contribution is 2.18. The van der Waals surface area contributed by atoms with Crippen molar-refractivity contribution in [3.05, 3.63) is 60.3 Å². The first-order valence-electron chi connectivity index (χ1n) is 7.55. The van der Waals surface area contributed by atoms with Crippen LogP contribution in [0, 0.1) is 6.92 Å². The number of methoxy groups -OCH3 is 1. The van der Waals surface area contributed by atoms with Gasteiger partial charge in [-0.2, -0.15) is 0 Å². The molecule has 24 heavy (non-hydrogen) atoms. The van der Waals surface area contributed by atoms with Crippen LogP contribution in [-0.2, 0) is 11.3 Å². The van der Waals surface area contributed by atoms with Gasteiger partial charge >= 0.3 is 0 Å². The summed E-state index contributed by atoms with van der Waals surface area (Å²) in [6, 6.07) is 15.2. The molecule has 0 bridgehead atoms. The Hall–Kier alpha value is -3.15. The summed E-state index contributed by atoms with van der Waals surface area (Å²) >= 11 is 0. The normalized spacial score (nSPS) is 10.4. The van der Waals surface area contributed by atoms with Gasteiger partial charge in [-0.15, -0.1) is 5.10 Å². The second-order valence-electron chi connectivity index (χ2n) is 5.45. The summed E-state index contributed by atoms with van der Waals surface area (Å²) in [5.41, 5.74) is 3.55. The molecule has 1 amide bonds. The van der Waals surface area contributed by atoms with Crippen LogP contribution in [0.15, 0.2) is 54.7 Å². The Morgan fingerprint density at radius 1 is 1.21 bits per heavy atom. The molecule has 6 nitrogen and oxygen atoms in total. The van der Waals surface area contributed by atoms with Crippen molar-refractivity contribution in [1.82, 2.24) is 15.0 Å². The maximum atomic E-state index is 12.1. The van der Waals surface area contributed by atoms with Crippen molar-refractivity contribution in [3.8, 4) is 17.0 Å². The number of ether oxygens (including phenoxy) is 1. The minimum absolute atomic E-state index is 0.0933. The van der Waals surface area contributed by atoms with E-state index in [1.807, 2.05) is 43.3 Å². The largest absolute Gasteiger partial charge is 0.497 e. The Morgan fingerprint density at radius 2 is 2.04 bits per heavy atom. The summed E-state index contributed by atoms with van der Waals surface area (Å²) in [4.78, 5) is 12.1. The van der Waals surface area contributed by atoms with Crippen LogP contribution in [0.5, 0.6) is 5.75 Å². The molecule has 0 saturated heterocycles. The third-order valence-corrected chi connectivity index (χ3v) is 3.51. The van der Waals surface area contributed by atoms with Gasteiger partial charge in [-0.3, -0.25) is 4.79 Å². The fourth-order valence-electron chi connectivity index (χ4n) is 2.36. The number of rotatable bonds is 5. The lowest BCUT2D eigenvalue weighted by molar-refractivity contribution is -0.116. The molecule has 0 radical (unpaired) electrons. The van der Waals surface area contributed by atoms with E-state index in [1.165, 1.54) is 4.68 Å². The molecule has 1 heterocycles. The van der Waals surface area contributed by atoms with E-state index < -0.39 is 0 Å². The first kappa shape index (κ1) is 15.7. The first-order valence-corrected chi connectivity index (χ1v) is 7.55. The number of benzene rings is 2. The van der Waals surface area contributed by atoms with Gasteiger partial charge in [-0.05, 0) is 25.1 Å². The molecule has 0 spiro atoms. The fourth-order valence-corrected chi connectivity index (χ4v) is 2.36. The van der Waals surface area contributed by atoms with Crippen molar-refractivity contribution in [2.75, 3.05) is 12.4 Å². The van der Waals surface area contributed by atoms with Crippen molar-refractivity contribution in [1.29, 1.82) is 0 Å². The molecular weight excluding hydrogens is 304 g/mol. The zero-order valence-electron chi connectivity index (χ0n) is 13.6. The van der Waals surface area contributed by atoms with Gasteiger partial charge in [0.2, 0.25) is 5.91 Å². The van der Waals surface area contributed by atoms with Gasteiger partial charge in [0.15, 0.2) is 0 Å². The van der Waals surface area contributed by atoms with Gasteiger partial charge in [0.1, 0.15) is 18.0 Å². The highest BCUT2D eigenvalue weighted by Gasteiger charge is 2.08. The zero-order valence-corrected chi connectivity index (χ0v) is 13.6. The number of nitrogens with zero attached hydrogens (tertiary/aromatic N) is 3. The second kappa shape index (κ2) is 6.95. The van der Waals surface area contributed by atoms with E-state index >= 15 is 0 Å². The Balaban J connectivity index is 1.67. The van der Waals surface area contributed by atoms with Gasteiger partial charge in [-0.25, -0.2) is 4.68 Å². The standard InChI is InChI=1S/C18H18N4O2/c1-13-5-3-6-14(9-13)17-11-22(21-20-17)12-18(23)19-15-7-4-8-16(10-15)24-2/h3-11H,12H2,1-2H3,(H,19,23). The molecular formula is C18H18N4O2. The van der Waals surface area contributed by atoms with E-state index in [1.54, 1.807) is 25.4 Å². The number of anilines is 1. The van der Waals surface area contributed by atoms with E-state index in [4.69, 9.17) is 4.74 Å². The minimum atomic E-state index is -0.177. The van der Waals surface area contributed by atoms with Crippen molar-refractivity contribution in [2.45, 2.75) is 13.5 Å². The fraction of sp³-hybridized carbons (Fsp3) is 0.167. The van der Waals surface area contributed by atoms with E-state index in [2.05, 4.69) is 15.6 Å². The van der Waals surface area contributed by atoms with Crippen LogP contribution in [0.2, 0.25) is 0 Å². The van der Waals surface area contributed by atoms with Gasteiger partial charge in [-0.1, -0.05) is 35.0 Å². The highest BCUT2D eigenvalue weighted by molar-refractivity contribution is 5.90. The predicted octanol–water partition coefficient (Wildman–Crippen LogP) is 2.90. The molecule has 3 rings (SSSR count). The van der Waals surface area contributed by atoms with Crippen molar-refractivity contribution < 1.29 is 9.53 Å². The third kappa shape index (κ3) is 3.78. The molecule has 0 fully saturated rings. The molecule has 2 aromatic carbocycles. The molecule has 0 aliphatic heterocycles. The third-order valence-electron chi connectivity index (χ3n) is 3.51. The maximum Gasteiger partial charge on any atom is 0.246 e. The van der Waals surface area contributed by atoms with Crippen molar-refractivity contribution in [2.24, 2.45) is 0 Å². The van der Waals surface area contributed by atoms with Gasteiger partial charge in [0, 0.05) is 17.3 Å². The van der Waals surface area contributed by atoms with Crippen LogP contribution in [0.3, 0.4) is 0 Å². The number of amides is 1. The predicted molar refractivity (Wildman–Crippen MR) is 91.8 cm³/mol. The number of aromatic nitrogens is 3. The Kier molecular flexibility index (Phi) is 4.56. The van der Waals surface area contributed by atoms with Crippen molar-refractivity contribution >= 4 is 11.6 Å². The molecule has 122 valence electrons. The summed E-state index contributed by atoms with van der Waals surface area (Å²) in [5.74, 6) is 0.513. The lowest BCUT2D eigenvalue weighted by Crippen LogP contribution is -2.19. The van der Waals surface area contributed by atoms with Crippen LogP contribution in [0.1, 0.15) is 5.56 Å². The average Bonchev–Trinajstić information content (AvgIpc) is 3.03. The topological polar surface area (TPSA) is 69.0 Å². The second-order valence-corrected chi connectivity index (χ2v) is 5.45. The Bertz CT molecular complexity index is 857. The van der Waals surface area contributed by atoms with Crippen LogP contribution in [0.25, 0.3) is 11.3 Å². The molecule has 0 atom stereocenters. The Morgan fingerprint density at radius 3 is 2.83 bits per heavy atom. The number of aryl methyl sites for hydroxylation is 1. The molecule has 0 saturated carbocycles. The van der Waals surface area contributed by atoms with Gasteiger partial charge < -0.3 is 10.1 Å². The molecule has 3 aromatic rings.